The molecule has 0 aromatic carbocycles. The smallest absolute Gasteiger partial charge is 0.322 e. The van der Waals surface area contributed by atoms with E-state index in [-0.39, 0.29) is 38.1 Å². The molecular formula is C34H58N10O11. The molecule has 0 radical (unpaired) electrons. The average Bonchev–Trinajstić information content (AvgIpc) is 3.57. The van der Waals surface area contributed by atoms with Gasteiger partial charge in [0.2, 0.25) is 53.2 Å². The van der Waals surface area contributed by atoms with Crippen molar-refractivity contribution < 1.29 is 53.1 Å². The van der Waals surface area contributed by atoms with Gasteiger partial charge in [-0.05, 0) is 43.4 Å². The Bertz CT molecular complexity index is 1440. The molecule has 0 aliphatic carbocycles. The van der Waals surface area contributed by atoms with Crippen LogP contribution in [0.15, 0.2) is 0 Å². The minimum atomic E-state index is -1.34. The van der Waals surface area contributed by atoms with Gasteiger partial charge in [0.15, 0.2) is 0 Å². The van der Waals surface area contributed by atoms with E-state index in [0.717, 1.165) is 0 Å². The monoisotopic (exact) mass is 782 g/mol. The van der Waals surface area contributed by atoms with Crippen LogP contribution in [0.1, 0.15) is 80.1 Å². The summed E-state index contributed by atoms with van der Waals surface area (Å²) in [6, 6.07) is -7.21. The van der Waals surface area contributed by atoms with Crippen molar-refractivity contribution in [2.24, 2.45) is 35.0 Å². The third-order valence-corrected chi connectivity index (χ3v) is 8.58. The normalized spacial score (nSPS) is 16.6. The maximum atomic E-state index is 13.7. The molecule has 0 aromatic heterocycles. The fourth-order valence-corrected chi connectivity index (χ4v) is 5.71. The number of hydrogen-bond donors (Lipinski definition) is 10. The SMILES string of the molecule is CC(C)C[C@H](NC(=O)[C@@H](NC(=O)CNC(=O)[C@@H](N)CC(N)=O)C(C)C)C(=O)N[C@H](C(=O)N[C@@H](CCC(N)=O)C(=O)N1CCC[C@H]1C(=O)NCC(=O)O)C(C)C. The molecule has 0 saturated carbocycles. The standard InChI is InChI=1S/C34H58N10O11/c1-16(2)12-21(41-32(53)27(17(3)4)42-25(47)14-38-29(50)19(35)13-24(37)46)30(51)43-28(18(5)6)33(54)40-20(9-10-23(36)45)34(55)44-11-7-8-22(44)31(52)39-15-26(48)49/h16-22,27-28H,7-15,35H2,1-6H3,(H2,36,45)(H2,37,46)(H,38,50)(H,39,52)(H,40,54)(H,41,53)(H,42,47)(H,43,51)(H,48,49)/t19-,20-,21-,22-,27-,28-/m0/s1. The van der Waals surface area contributed by atoms with Crippen molar-refractivity contribution in [2.45, 2.75) is 116 Å². The Balaban J connectivity index is 3.16. The number of carbonyl (C=O) groups excluding carboxylic acids is 9. The Morgan fingerprint density at radius 3 is 1.78 bits per heavy atom. The van der Waals surface area contributed by atoms with Crippen LogP contribution in [0.25, 0.3) is 0 Å². The minimum Gasteiger partial charge on any atom is -0.480 e. The number of amides is 9. The summed E-state index contributed by atoms with van der Waals surface area (Å²) in [4.78, 5) is 127. The average molecular weight is 783 g/mol. The summed E-state index contributed by atoms with van der Waals surface area (Å²) >= 11 is 0. The largest absolute Gasteiger partial charge is 0.480 e. The van der Waals surface area contributed by atoms with E-state index in [0.29, 0.717) is 6.42 Å². The highest BCUT2D eigenvalue weighted by molar-refractivity contribution is 5.97. The topological polar surface area (TPSA) is 344 Å². The van der Waals surface area contributed by atoms with Gasteiger partial charge in [0, 0.05) is 13.0 Å². The predicted molar refractivity (Wildman–Crippen MR) is 195 cm³/mol. The summed E-state index contributed by atoms with van der Waals surface area (Å²) in [6.07, 6.45) is -0.177. The zero-order valence-corrected chi connectivity index (χ0v) is 32.3. The third-order valence-electron chi connectivity index (χ3n) is 8.58. The van der Waals surface area contributed by atoms with Gasteiger partial charge in [-0.25, -0.2) is 0 Å². The van der Waals surface area contributed by atoms with E-state index in [1.54, 1.807) is 41.5 Å². The van der Waals surface area contributed by atoms with Gasteiger partial charge in [-0.1, -0.05) is 41.5 Å². The molecule has 21 heteroatoms. The second kappa shape index (κ2) is 22.8. The number of carbonyl (C=O) groups is 10. The van der Waals surface area contributed by atoms with Crippen molar-refractivity contribution in [3.63, 3.8) is 0 Å². The van der Waals surface area contributed by atoms with E-state index in [4.69, 9.17) is 22.3 Å². The third kappa shape index (κ3) is 16.7. The van der Waals surface area contributed by atoms with Gasteiger partial charge >= 0.3 is 5.97 Å². The fourth-order valence-electron chi connectivity index (χ4n) is 5.71. The highest BCUT2D eigenvalue weighted by Gasteiger charge is 2.39. The number of likely N-dealkylation sites (tertiary alicyclic amines) is 1. The molecule has 1 aliphatic heterocycles. The summed E-state index contributed by atoms with van der Waals surface area (Å²) in [6.45, 7) is 9.06. The first kappa shape index (κ1) is 47.7. The second-order valence-corrected chi connectivity index (χ2v) is 14.6. The lowest BCUT2D eigenvalue weighted by Crippen LogP contribution is -2.61. The fraction of sp³-hybridized carbons (Fsp3) is 0.706. The van der Waals surface area contributed by atoms with Gasteiger partial charge in [-0.15, -0.1) is 0 Å². The molecule has 1 aliphatic rings. The number of aliphatic carboxylic acids is 1. The highest BCUT2D eigenvalue weighted by atomic mass is 16.4. The number of nitrogens with one attached hydrogen (secondary N) is 6. The van der Waals surface area contributed by atoms with Crippen molar-refractivity contribution in [2.75, 3.05) is 19.6 Å². The van der Waals surface area contributed by atoms with Crippen LogP contribution in [-0.2, 0) is 47.9 Å². The van der Waals surface area contributed by atoms with E-state index >= 15 is 0 Å². The van der Waals surface area contributed by atoms with Gasteiger partial charge in [0.05, 0.1) is 19.0 Å². The Kier molecular flexibility index (Phi) is 19.7. The van der Waals surface area contributed by atoms with E-state index in [2.05, 4.69) is 31.9 Å². The molecule has 1 saturated heterocycles. The Labute approximate surface area is 319 Å². The van der Waals surface area contributed by atoms with Gasteiger partial charge in [0.25, 0.3) is 0 Å². The molecule has 6 atom stereocenters. The van der Waals surface area contributed by atoms with Crippen LogP contribution < -0.4 is 49.1 Å². The molecule has 1 fully saturated rings. The van der Waals surface area contributed by atoms with Crippen molar-refractivity contribution >= 4 is 59.1 Å². The number of carboxylic acids is 1. The molecule has 21 nitrogen and oxygen atoms in total. The van der Waals surface area contributed by atoms with Crippen LogP contribution in [-0.4, -0.2) is 125 Å². The number of carboxylic acid groups (broad SMARTS) is 1. The lowest BCUT2D eigenvalue weighted by molar-refractivity contribution is -0.143. The highest BCUT2D eigenvalue weighted by Crippen LogP contribution is 2.20. The van der Waals surface area contributed by atoms with Crippen LogP contribution in [0.5, 0.6) is 0 Å². The van der Waals surface area contributed by atoms with Crippen molar-refractivity contribution in [3.05, 3.63) is 0 Å². The van der Waals surface area contributed by atoms with E-state index in [1.807, 2.05) is 0 Å². The van der Waals surface area contributed by atoms with Crippen molar-refractivity contribution in [1.82, 2.24) is 36.8 Å². The van der Waals surface area contributed by atoms with Crippen LogP contribution in [0.4, 0.5) is 0 Å². The second-order valence-electron chi connectivity index (χ2n) is 14.6. The number of nitrogens with two attached hydrogens (primary N) is 3. The summed E-state index contributed by atoms with van der Waals surface area (Å²) in [7, 11) is 0. The van der Waals surface area contributed by atoms with Crippen LogP contribution in [0.2, 0.25) is 0 Å². The summed E-state index contributed by atoms with van der Waals surface area (Å²) in [5, 5.41) is 23.8. The Hall–Kier alpha value is -5.34. The van der Waals surface area contributed by atoms with Gasteiger partial charge in [-0.2, -0.15) is 0 Å². The van der Waals surface area contributed by atoms with Crippen molar-refractivity contribution in [3.8, 4) is 0 Å². The molecule has 0 aromatic rings. The Morgan fingerprint density at radius 2 is 1.27 bits per heavy atom. The van der Waals surface area contributed by atoms with Crippen LogP contribution in [0, 0.1) is 17.8 Å². The molecular weight excluding hydrogens is 724 g/mol. The molecule has 9 amide bonds. The summed E-state index contributed by atoms with van der Waals surface area (Å²) < 4.78 is 0. The molecule has 55 heavy (non-hydrogen) atoms. The molecule has 0 bridgehead atoms. The number of nitrogens with zero attached hydrogens (tertiary/aromatic N) is 1. The Morgan fingerprint density at radius 1 is 0.709 bits per heavy atom. The number of hydrogen-bond acceptors (Lipinski definition) is 11. The molecule has 0 spiro atoms. The lowest BCUT2D eigenvalue weighted by atomic mass is 9.98. The molecule has 0 unspecified atom stereocenters. The van der Waals surface area contributed by atoms with Crippen molar-refractivity contribution in [1.29, 1.82) is 0 Å². The maximum absolute atomic E-state index is 13.7. The number of rotatable bonds is 23. The zero-order valence-electron chi connectivity index (χ0n) is 32.3. The van der Waals surface area contributed by atoms with Gasteiger partial charge in [-0.3, -0.25) is 47.9 Å². The zero-order chi connectivity index (χ0) is 42.2. The summed E-state index contributed by atoms with van der Waals surface area (Å²) in [5.74, 6) is -9.21. The van der Waals surface area contributed by atoms with E-state index < -0.39 is 127 Å². The molecule has 310 valence electrons. The molecule has 1 heterocycles. The number of primary amides is 2. The predicted octanol–water partition coefficient (Wildman–Crippen LogP) is -3.94. The molecule has 1 rings (SSSR count). The maximum Gasteiger partial charge on any atom is 0.322 e. The van der Waals surface area contributed by atoms with Crippen LogP contribution in [0.3, 0.4) is 0 Å². The first-order chi connectivity index (χ1) is 25.5. The van der Waals surface area contributed by atoms with Gasteiger partial charge in [0.1, 0.15) is 36.8 Å². The molecule has 13 N–H and O–H groups in total. The quantitative estimate of drug-likeness (QED) is 0.0475. The minimum absolute atomic E-state index is 0.122. The van der Waals surface area contributed by atoms with E-state index in [1.165, 1.54) is 4.90 Å². The lowest BCUT2D eigenvalue weighted by Gasteiger charge is -2.31. The first-order valence-electron chi connectivity index (χ1n) is 18.2. The summed E-state index contributed by atoms with van der Waals surface area (Å²) in [5.41, 5.74) is 16.0. The first-order valence-corrected chi connectivity index (χ1v) is 18.2. The van der Waals surface area contributed by atoms with E-state index in [9.17, 15) is 47.9 Å². The van der Waals surface area contributed by atoms with Gasteiger partial charge < -0.3 is 59.1 Å². The van der Waals surface area contributed by atoms with Crippen LogP contribution >= 0.6 is 0 Å².